The van der Waals surface area contributed by atoms with Gasteiger partial charge in [-0.25, -0.2) is 4.98 Å². The Labute approximate surface area is 101 Å². The molecule has 0 amide bonds. The maximum atomic E-state index is 4.46. The van der Waals surface area contributed by atoms with E-state index in [1.807, 2.05) is 12.3 Å². The van der Waals surface area contributed by atoms with Crippen LogP contribution in [0.3, 0.4) is 0 Å². The van der Waals surface area contributed by atoms with Gasteiger partial charge in [0.05, 0.1) is 0 Å². The van der Waals surface area contributed by atoms with Gasteiger partial charge in [-0.1, -0.05) is 24.3 Å². The smallest absolute Gasteiger partial charge is 0.126 e. The number of aromatic nitrogens is 1. The summed E-state index contributed by atoms with van der Waals surface area (Å²) < 4.78 is 0. The molecule has 17 heavy (non-hydrogen) atoms. The van der Waals surface area contributed by atoms with Crippen LogP contribution in [0.1, 0.15) is 12.8 Å². The number of hydrogen-bond donors (Lipinski definition) is 2. The average molecular weight is 227 g/mol. The van der Waals surface area contributed by atoms with Gasteiger partial charge >= 0.3 is 0 Å². The number of fused-ring (bicyclic) bond motifs is 1. The van der Waals surface area contributed by atoms with Crippen LogP contribution in [0, 0.1) is 0 Å². The fourth-order valence-corrected chi connectivity index (χ4v) is 2.35. The van der Waals surface area contributed by atoms with E-state index in [-0.39, 0.29) is 0 Å². The van der Waals surface area contributed by atoms with Crippen LogP contribution in [0.2, 0.25) is 0 Å². The topological polar surface area (TPSA) is 37.0 Å². The molecule has 1 aliphatic heterocycles. The number of nitrogens with one attached hydrogen (secondary N) is 2. The Hall–Kier alpha value is -1.61. The number of rotatable bonds is 2. The first-order chi connectivity index (χ1) is 8.42. The van der Waals surface area contributed by atoms with Crippen LogP contribution >= 0.6 is 0 Å². The van der Waals surface area contributed by atoms with Crippen molar-refractivity contribution >= 4 is 16.6 Å². The molecule has 0 saturated carbocycles. The molecule has 1 saturated heterocycles. The summed E-state index contributed by atoms with van der Waals surface area (Å²) in [6.45, 7) is 2.18. The van der Waals surface area contributed by atoms with Crippen LogP contribution in [-0.4, -0.2) is 24.1 Å². The maximum Gasteiger partial charge on any atom is 0.126 e. The van der Waals surface area contributed by atoms with Gasteiger partial charge in [0.1, 0.15) is 5.82 Å². The van der Waals surface area contributed by atoms with Crippen LogP contribution in [0.25, 0.3) is 10.8 Å². The molecule has 0 aliphatic carbocycles. The molecule has 1 fully saturated rings. The van der Waals surface area contributed by atoms with E-state index in [1.54, 1.807) is 0 Å². The summed E-state index contributed by atoms with van der Waals surface area (Å²) in [5.41, 5.74) is 0. The molecule has 3 rings (SSSR count). The lowest BCUT2D eigenvalue weighted by Crippen LogP contribution is -2.38. The number of anilines is 1. The molecule has 1 atom stereocenters. The van der Waals surface area contributed by atoms with E-state index in [1.165, 1.54) is 23.6 Å². The van der Waals surface area contributed by atoms with Gasteiger partial charge in [0.15, 0.2) is 0 Å². The fraction of sp³-hybridized carbons (Fsp3) is 0.357. The molecule has 0 spiro atoms. The van der Waals surface area contributed by atoms with E-state index in [9.17, 15) is 0 Å². The second kappa shape index (κ2) is 4.72. The predicted octanol–water partition coefficient (Wildman–Crippen LogP) is 2.40. The number of nitrogens with zero attached hydrogens (tertiary/aromatic N) is 1. The molecule has 88 valence electrons. The highest BCUT2D eigenvalue weighted by molar-refractivity contribution is 5.83. The van der Waals surface area contributed by atoms with Gasteiger partial charge in [0, 0.05) is 24.2 Å². The third kappa shape index (κ3) is 2.39. The largest absolute Gasteiger partial charge is 0.366 e. The highest BCUT2D eigenvalue weighted by atomic mass is 15.1. The van der Waals surface area contributed by atoms with E-state index >= 15 is 0 Å². The first-order valence-corrected chi connectivity index (χ1v) is 6.24. The zero-order chi connectivity index (χ0) is 11.5. The minimum Gasteiger partial charge on any atom is -0.366 e. The minimum atomic E-state index is 0.511. The van der Waals surface area contributed by atoms with Gasteiger partial charge in [0.25, 0.3) is 0 Å². The third-order valence-corrected chi connectivity index (χ3v) is 3.28. The predicted molar refractivity (Wildman–Crippen MR) is 71.3 cm³/mol. The minimum absolute atomic E-state index is 0.511. The standard InChI is InChI=1S/C14H17N3/c1-2-5-12-9-16-14(8-11(12)4-1)17-13-6-3-7-15-10-13/h1-2,4-5,8-9,13,15H,3,6-7,10H2,(H,16,17)/t13-/m1/s1. The van der Waals surface area contributed by atoms with E-state index in [0.717, 1.165) is 18.9 Å². The van der Waals surface area contributed by atoms with E-state index < -0.39 is 0 Å². The SMILES string of the molecule is c1ccc2cc(N[C@@H]3CCCNC3)ncc2c1. The lowest BCUT2D eigenvalue weighted by Gasteiger charge is -2.24. The Morgan fingerprint density at radius 1 is 1.24 bits per heavy atom. The van der Waals surface area contributed by atoms with Crippen molar-refractivity contribution in [2.45, 2.75) is 18.9 Å². The van der Waals surface area contributed by atoms with Crippen molar-refractivity contribution in [1.82, 2.24) is 10.3 Å². The molecule has 2 aromatic rings. The molecule has 2 N–H and O–H groups in total. The summed E-state index contributed by atoms with van der Waals surface area (Å²) in [6.07, 6.45) is 4.40. The molecule has 0 radical (unpaired) electrons. The molecule has 1 aliphatic rings. The average Bonchev–Trinajstić information content (AvgIpc) is 2.40. The van der Waals surface area contributed by atoms with Gasteiger partial charge in [-0.15, -0.1) is 0 Å². The highest BCUT2D eigenvalue weighted by Gasteiger charge is 2.12. The number of hydrogen-bond acceptors (Lipinski definition) is 3. The highest BCUT2D eigenvalue weighted by Crippen LogP contribution is 2.17. The Morgan fingerprint density at radius 2 is 2.12 bits per heavy atom. The molecule has 3 nitrogen and oxygen atoms in total. The quantitative estimate of drug-likeness (QED) is 0.827. The van der Waals surface area contributed by atoms with Gasteiger partial charge in [-0.3, -0.25) is 0 Å². The van der Waals surface area contributed by atoms with Crippen molar-refractivity contribution < 1.29 is 0 Å². The van der Waals surface area contributed by atoms with Crippen LogP contribution in [0.5, 0.6) is 0 Å². The summed E-state index contributed by atoms with van der Waals surface area (Å²) >= 11 is 0. The van der Waals surface area contributed by atoms with E-state index in [0.29, 0.717) is 6.04 Å². The number of pyridine rings is 1. The normalized spacial score (nSPS) is 20.4. The van der Waals surface area contributed by atoms with Crippen molar-refractivity contribution in [2.24, 2.45) is 0 Å². The second-order valence-corrected chi connectivity index (χ2v) is 4.60. The first-order valence-electron chi connectivity index (χ1n) is 6.24. The second-order valence-electron chi connectivity index (χ2n) is 4.60. The number of piperidine rings is 1. The molecule has 3 heteroatoms. The summed E-state index contributed by atoms with van der Waals surface area (Å²) in [4.78, 5) is 4.46. The molecular weight excluding hydrogens is 210 g/mol. The molecular formula is C14H17N3. The molecule has 1 aromatic heterocycles. The zero-order valence-electron chi connectivity index (χ0n) is 9.82. The molecule has 0 bridgehead atoms. The molecule has 1 aromatic carbocycles. The van der Waals surface area contributed by atoms with E-state index in [2.05, 4.69) is 39.9 Å². The fourth-order valence-electron chi connectivity index (χ4n) is 2.35. The molecule has 0 unspecified atom stereocenters. The van der Waals surface area contributed by atoms with Crippen molar-refractivity contribution in [3.8, 4) is 0 Å². The summed E-state index contributed by atoms with van der Waals surface area (Å²) in [5, 5.41) is 9.34. The van der Waals surface area contributed by atoms with Crippen molar-refractivity contribution in [1.29, 1.82) is 0 Å². The molecule has 2 heterocycles. The Balaban J connectivity index is 1.80. The van der Waals surface area contributed by atoms with Crippen LogP contribution < -0.4 is 10.6 Å². The van der Waals surface area contributed by atoms with Crippen LogP contribution in [-0.2, 0) is 0 Å². The van der Waals surface area contributed by atoms with Gasteiger partial charge < -0.3 is 10.6 Å². The third-order valence-electron chi connectivity index (χ3n) is 3.28. The van der Waals surface area contributed by atoms with E-state index in [4.69, 9.17) is 0 Å². The Bertz CT molecular complexity index is 504. The lowest BCUT2D eigenvalue weighted by molar-refractivity contribution is 0.479. The van der Waals surface area contributed by atoms with Crippen molar-refractivity contribution in [3.05, 3.63) is 36.5 Å². The summed E-state index contributed by atoms with van der Waals surface area (Å²) in [5.74, 6) is 0.984. The van der Waals surface area contributed by atoms with Crippen LogP contribution in [0.15, 0.2) is 36.5 Å². The van der Waals surface area contributed by atoms with Gasteiger partial charge in [-0.2, -0.15) is 0 Å². The van der Waals surface area contributed by atoms with Gasteiger partial charge in [-0.05, 0) is 30.8 Å². The zero-order valence-corrected chi connectivity index (χ0v) is 9.82. The lowest BCUT2D eigenvalue weighted by atomic mass is 10.1. The Kier molecular flexibility index (Phi) is 2.92. The van der Waals surface area contributed by atoms with Crippen molar-refractivity contribution in [2.75, 3.05) is 18.4 Å². The van der Waals surface area contributed by atoms with Gasteiger partial charge in [0.2, 0.25) is 0 Å². The summed E-state index contributed by atoms with van der Waals surface area (Å²) in [7, 11) is 0. The maximum absolute atomic E-state index is 4.46. The van der Waals surface area contributed by atoms with Crippen LogP contribution in [0.4, 0.5) is 5.82 Å². The van der Waals surface area contributed by atoms with Crippen molar-refractivity contribution in [3.63, 3.8) is 0 Å². The summed E-state index contributed by atoms with van der Waals surface area (Å²) in [6, 6.07) is 11.0. The monoisotopic (exact) mass is 227 g/mol. The number of benzene rings is 1. The first kappa shape index (κ1) is 10.5. The Morgan fingerprint density at radius 3 is 2.94 bits per heavy atom.